The number of likely N-dealkylation sites (N-methyl/N-ethyl adjacent to an activating group) is 1. The van der Waals surface area contributed by atoms with Gasteiger partial charge in [-0.1, -0.05) is 0 Å². The molecule has 2 saturated heterocycles. The minimum absolute atomic E-state index is 0.143. The van der Waals surface area contributed by atoms with E-state index in [2.05, 4.69) is 17.3 Å². The van der Waals surface area contributed by atoms with Crippen LogP contribution in [-0.4, -0.2) is 61.5 Å². The van der Waals surface area contributed by atoms with E-state index in [0.717, 1.165) is 6.54 Å². The number of hydrogen-bond donors (Lipinski definition) is 2. The largest absolute Gasteiger partial charge is 0.389 e. The smallest absolute Gasteiger partial charge is 0.0948 e. The highest BCUT2D eigenvalue weighted by molar-refractivity contribution is 4.85. The number of nitrogens with zero attached hydrogens (tertiary/aromatic N) is 1. The first-order valence-corrected chi connectivity index (χ1v) is 5.47. The summed E-state index contributed by atoms with van der Waals surface area (Å²) in [7, 11) is 2.17. The zero-order valence-corrected chi connectivity index (χ0v) is 8.78. The van der Waals surface area contributed by atoms with Crippen LogP contribution in [-0.2, 0) is 4.74 Å². The average Bonchev–Trinajstić information content (AvgIpc) is 2.72. The number of ether oxygens (including phenoxy) is 1. The van der Waals surface area contributed by atoms with Crippen molar-refractivity contribution in [3.05, 3.63) is 0 Å². The van der Waals surface area contributed by atoms with E-state index >= 15 is 0 Å². The van der Waals surface area contributed by atoms with Crippen LogP contribution in [0.4, 0.5) is 0 Å². The number of likely N-dealkylation sites (tertiary alicyclic amines) is 1. The summed E-state index contributed by atoms with van der Waals surface area (Å²) < 4.78 is 5.19. The summed E-state index contributed by atoms with van der Waals surface area (Å²) in [5.74, 6) is 0. The van der Waals surface area contributed by atoms with Gasteiger partial charge in [-0.3, -0.25) is 0 Å². The van der Waals surface area contributed by atoms with Crippen molar-refractivity contribution in [2.75, 3.05) is 33.4 Å². The number of nitrogens with one attached hydrogen (secondary N) is 1. The first-order valence-electron chi connectivity index (χ1n) is 5.47. The molecule has 2 aliphatic rings. The quantitative estimate of drug-likeness (QED) is 0.640. The lowest BCUT2D eigenvalue weighted by Gasteiger charge is -2.22. The van der Waals surface area contributed by atoms with Gasteiger partial charge in [0.15, 0.2) is 0 Å². The fourth-order valence-electron chi connectivity index (χ4n) is 2.26. The summed E-state index contributed by atoms with van der Waals surface area (Å²) in [6, 6.07) is 0.784. The maximum absolute atomic E-state index is 9.53. The summed E-state index contributed by atoms with van der Waals surface area (Å²) in [5, 5.41) is 12.9. The molecule has 0 spiro atoms. The van der Waals surface area contributed by atoms with Gasteiger partial charge in [0.25, 0.3) is 0 Å². The molecule has 4 heteroatoms. The van der Waals surface area contributed by atoms with Crippen molar-refractivity contribution in [3.63, 3.8) is 0 Å². The van der Waals surface area contributed by atoms with E-state index in [1.54, 1.807) is 0 Å². The Balaban J connectivity index is 1.71. The summed E-state index contributed by atoms with van der Waals surface area (Å²) in [6.45, 7) is 3.31. The van der Waals surface area contributed by atoms with Crippen molar-refractivity contribution in [2.24, 2.45) is 0 Å². The highest BCUT2D eigenvalue weighted by Gasteiger charge is 2.28. The van der Waals surface area contributed by atoms with E-state index in [0.29, 0.717) is 19.3 Å². The molecule has 0 bridgehead atoms. The lowest BCUT2D eigenvalue weighted by molar-refractivity contribution is 0.121. The molecule has 3 atom stereocenters. The number of rotatable bonds is 3. The zero-order valence-electron chi connectivity index (χ0n) is 8.78. The molecular formula is C10H20N2O2. The third-order valence-corrected chi connectivity index (χ3v) is 3.34. The minimum Gasteiger partial charge on any atom is -0.389 e. The van der Waals surface area contributed by atoms with Gasteiger partial charge in [-0.15, -0.1) is 0 Å². The summed E-state index contributed by atoms with van der Waals surface area (Å²) in [6.07, 6.45) is 2.25. The summed E-state index contributed by atoms with van der Waals surface area (Å²) in [4.78, 5) is 2.38. The Morgan fingerprint density at radius 2 is 2.36 bits per heavy atom. The highest BCUT2D eigenvalue weighted by Crippen LogP contribution is 2.14. The number of aliphatic hydroxyl groups excluding tert-OH is 1. The molecule has 0 saturated carbocycles. The van der Waals surface area contributed by atoms with Gasteiger partial charge in [0.1, 0.15) is 0 Å². The topological polar surface area (TPSA) is 44.7 Å². The van der Waals surface area contributed by atoms with Crippen molar-refractivity contribution in [1.82, 2.24) is 10.2 Å². The minimum atomic E-state index is -0.318. The van der Waals surface area contributed by atoms with E-state index in [-0.39, 0.29) is 12.1 Å². The molecule has 0 aromatic rings. The fraction of sp³-hybridized carbons (Fsp3) is 1.00. The molecule has 0 aromatic carbocycles. The second-order valence-electron chi connectivity index (χ2n) is 4.40. The van der Waals surface area contributed by atoms with Crippen molar-refractivity contribution >= 4 is 0 Å². The van der Waals surface area contributed by atoms with E-state index in [1.807, 2.05) is 0 Å². The van der Waals surface area contributed by atoms with E-state index in [1.165, 1.54) is 19.4 Å². The van der Waals surface area contributed by atoms with Gasteiger partial charge in [0.05, 0.1) is 25.4 Å². The van der Waals surface area contributed by atoms with Gasteiger partial charge in [-0.25, -0.2) is 0 Å². The number of hydrogen-bond acceptors (Lipinski definition) is 4. The predicted molar refractivity (Wildman–Crippen MR) is 54.3 cm³/mol. The SMILES string of the molecule is CN1CCCC1CNC1COCC1O. The lowest BCUT2D eigenvalue weighted by atomic mass is 10.2. The Morgan fingerprint density at radius 3 is 2.93 bits per heavy atom. The molecule has 0 radical (unpaired) electrons. The zero-order chi connectivity index (χ0) is 9.97. The maximum Gasteiger partial charge on any atom is 0.0948 e. The van der Waals surface area contributed by atoms with E-state index < -0.39 is 0 Å². The van der Waals surface area contributed by atoms with Crippen LogP contribution in [0.25, 0.3) is 0 Å². The Labute approximate surface area is 85.2 Å². The van der Waals surface area contributed by atoms with Crippen LogP contribution in [0.2, 0.25) is 0 Å². The average molecular weight is 200 g/mol. The first-order chi connectivity index (χ1) is 6.77. The molecule has 0 aliphatic carbocycles. The Morgan fingerprint density at radius 1 is 1.50 bits per heavy atom. The molecule has 2 aliphatic heterocycles. The molecule has 0 aromatic heterocycles. The van der Waals surface area contributed by atoms with Crippen molar-refractivity contribution in [1.29, 1.82) is 0 Å². The third-order valence-electron chi connectivity index (χ3n) is 3.34. The van der Waals surface area contributed by atoms with Gasteiger partial charge in [-0.2, -0.15) is 0 Å². The predicted octanol–water partition coefficient (Wildman–Crippen LogP) is -0.570. The third kappa shape index (κ3) is 2.25. The van der Waals surface area contributed by atoms with Gasteiger partial charge in [0.2, 0.25) is 0 Å². The molecule has 3 unspecified atom stereocenters. The molecule has 2 fully saturated rings. The van der Waals surface area contributed by atoms with Crippen LogP contribution >= 0.6 is 0 Å². The molecule has 2 heterocycles. The molecule has 2 rings (SSSR count). The Bertz CT molecular complexity index is 169. The Hall–Kier alpha value is -0.160. The van der Waals surface area contributed by atoms with E-state index in [9.17, 15) is 5.11 Å². The van der Waals surface area contributed by atoms with Gasteiger partial charge >= 0.3 is 0 Å². The Kier molecular flexibility index (Phi) is 3.38. The van der Waals surface area contributed by atoms with Crippen molar-refractivity contribution < 1.29 is 9.84 Å². The highest BCUT2D eigenvalue weighted by atomic mass is 16.5. The first kappa shape index (κ1) is 10.4. The van der Waals surface area contributed by atoms with E-state index in [4.69, 9.17) is 4.74 Å². The second kappa shape index (κ2) is 4.57. The van der Waals surface area contributed by atoms with Crippen LogP contribution in [0.5, 0.6) is 0 Å². The normalized spacial score (nSPS) is 39.4. The van der Waals surface area contributed by atoms with Crippen LogP contribution in [0.3, 0.4) is 0 Å². The van der Waals surface area contributed by atoms with Crippen LogP contribution in [0, 0.1) is 0 Å². The van der Waals surface area contributed by atoms with Crippen LogP contribution in [0.15, 0.2) is 0 Å². The van der Waals surface area contributed by atoms with Gasteiger partial charge in [-0.05, 0) is 26.4 Å². The lowest BCUT2D eigenvalue weighted by Crippen LogP contribution is -2.45. The molecule has 2 N–H and O–H groups in total. The second-order valence-corrected chi connectivity index (χ2v) is 4.40. The molecular weight excluding hydrogens is 180 g/mol. The van der Waals surface area contributed by atoms with Crippen LogP contribution in [0.1, 0.15) is 12.8 Å². The monoisotopic (exact) mass is 200 g/mol. The molecule has 0 amide bonds. The van der Waals surface area contributed by atoms with Gasteiger partial charge < -0.3 is 20.1 Å². The summed E-state index contributed by atoms with van der Waals surface area (Å²) in [5.41, 5.74) is 0. The van der Waals surface area contributed by atoms with Gasteiger partial charge in [0, 0.05) is 12.6 Å². The van der Waals surface area contributed by atoms with Crippen molar-refractivity contribution in [2.45, 2.75) is 31.0 Å². The maximum atomic E-state index is 9.53. The van der Waals surface area contributed by atoms with Crippen LogP contribution < -0.4 is 5.32 Å². The molecule has 4 nitrogen and oxygen atoms in total. The molecule has 14 heavy (non-hydrogen) atoms. The fourth-order valence-corrected chi connectivity index (χ4v) is 2.26. The standard InChI is InChI=1S/C10H20N2O2/c1-12-4-2-3-8(12)5-11-9-6-14-7-10(9)13/h8-11,13H,2-7H2,1H3. The summed E-state index contributed by atoms with van der Waals surface area (Å²) >= 11 is 0. The molecule has 82 valence electrons. The van der Waals surface area contributed by atoms with Crippen molar-refractivity contribution in [3.8, 4) is 0 Å². The number of aliphatic hydroxyl groups is 1.